The van der Waals surface area contributed by atoms with Gasteiger partial charge in [-0.3, -0.25) is 19.9 Å². The molecule has 198 valence electrons. The van der Waals surface area contributed by atoms with E-state index in [0.29, 0.717) is 6.07 Å². The van der Waals surface area contributed by atoms with Gasteiger partial charge in [0.15, 0.2) is 5.54 Å². The van der Waals surface area contributed by atoms with Crippen molar-refractivity contribution >= 4 is 17.8 Å². The molecule has 38 heavy (non-hydrogen) atoms. The monoisotopic (exact) mass is 540 g/mol. The Hall–Kier alpha value is -4.49. The van der Waals surface area contributed by atoms with Gasteiger partial charge in [-0.05, 0) is 53.6 Å². The van der Waals surface area contributed by atoms with Gasteiger partial charge in [0.25, 0.3) is 11.8 Å². The molecule has 0 unspecified atom stereocenters. The van der Waals surface area contributed by atoms with E-state index in [4.69, 9.17) is 0 Å². The van der Waals surface area contributed by atoms with Gasteiger partial charge in [0.2, 0.25) is 0 Å². The lowest BCUT2D eigenvalue weighted by Gasteiger charge is -2.28. The van der Waals surface area contributed by atoms with E-state index in [1.807, 2.05) is 5.32 Å². The Morgan fingerprint density at radius 1 is 0.947 bits per heavy atom. The van der Waals surface area contributed by atoms with E-state index in [0.717, 1.165) is 54.7 Å². The highest BCUT2D eigenvalue weighted by Crippen LogP contribution is 2.37. The predicted octanol–water partition coefficient (Wildman–Crippen LogP) is 4.39. The standard InChI is InChI=1S/C24H15F7N4O3/c25-14-7-8-15(16(10-14)12-3-5-13(6-4-12)23(26,27)28)19(36)33-11-22(20(37)34-21(38)35-22)18-17(24(29,30)31)2-1-9-32-18/h1-10H,11H2,(H,33,36)(H2,34,35,37,38)/t22-/m1/s1. The summed E-state index contributed by atoms with van der Waals surface area (Å²) in [5, 5.41) is 6.16. The number of carbonyl (C=O) groups excluding carboxylic acids is 3. The number of amides is 4. The van der Waals surface area contributed by atoms with Crippen LogP contribution in [-0.2, 0) is 22.7 Å². The normalized spacial score (nSPS) is 17.7. The van der Waals surface area contributed by atoms with Crippen LogP contribution in [0.4, 0.5) is 35.5 Å². The molecule has 4 amide bonds. The number of pyridine rings is 1. The Kier molecular flexibility index (Phi) is 6.59. The van der Waals surface area contributed by atoms with Gasteiger partial charge in [-0.15, -0.1) is 0 Å². The summed E-state index contributed by atoms with van der Waals surface area (Å²) in [6.07, 6.45) is -8.64. The number of imide groups is 1. The van der Waals surface area contributed by atoms with Crippen molar-refractivity contribution in [2.45, 2.75) is 17.9 Å². The van der Waals surface area contributed by atoms with Crippen LogP contribution in [0.5, 0.6) is 0 Å². The summed E-state index contributed by atoms with van der Waals surface area (Å²) in [6, 6.07) is 6.78. The quantitative estimate of drug-likeness (QED) is 0.330. The van der Waals surface area contributed by atoms with Crippen LogP contribution in [0.25, 0.3) is 11.1 Å². The van der Waals surface area contributed by atoms with E-state index in [9.17, 15) is 45.1 Å². The lowest BCUT2D eigenvalue weighted by molar-refractivity contribution is -0.140. The zero-order valence-electron chi connectivity index (χ0n) is 18.8. The van der Waals surface area contributed by atoms with E-state index in [1.165, 1.54) is 0 Å². The Morgan fingerprint density at radius 3 is 2.21 bits per heavy atom. The lowest BCUT2D eigenvalue weighted by Crippen LogP contribution is -2.54. The molecule has 0 aliphatic carbocycles. The second-order valence-electron chi connectivity index (χ2n) is 8.16. The van der Waals surface area contributed by atoms with Crippen LogP contribution < -0.4 is 16.0 Å². The number of alkyl halides is 6. The Labute approximate surface area is 209 Å². The third kappa shape index (κ3) is 5.01. The van der Waals surface area contributed by atoms with Gasteiger partial charge in [0, 0.05) is 11.8 Å². The van der Waals surface area contributed by atoms with E-state index >= 15 is 0 Å². The molecule has 3 aromatic rings. The molecule has 0 bridgehead atoms. The van der Waals surface area contributed by atoms with Crippen LogP contribution in [0.15, 0.2) is 60.8 Å². The summed E-state index contributed by atoms with van der Waals surface area (Å²) in [5.41, 5.74) is -6.00. The number of nitrogens with zero attached hydrogens (tertiary/aromatic N) is 1. The van der Waals surface area contributed by atoms with Crippen LogP contribution in [0.3, 0.4) is 0 Å². The van der Waals surface area contributed by atoms with Crippen LogP contribution in [0, 0.1) is 5.82 Å². The zero-order valence-corrected chi connectivity index (χ0v) is 18.8. The maximum atomic E-state index is 14.0. The van der Waals surface area contributed by atoms with E-state index in [1.54, 1.807) is 0 Å². The summed E-state index contributed by atoms with van der Waals surface area (Å²) in [5.74, 6) is -3.05. The molecule has 1 aliphatic heterocycles. The first-order valence-corrected chi connectivity index (χ1v) is 10.6. The van der Waals surface area contributed by atoms with Crippen LogP contribution in [0.2, 0.25) is 0 Å². The minimum Gasteiger partial charge on any atom is -0.349 e. The van der Waals surface area contributed by atoms with Crippen LogP contribution in [-0.4, -0.2) is 29.4 Å². The largest absolute Gasteiger partial charge is 0.418 e. The molecule has 3 N–H and O–H groups in total. The molecule has 14 heteroatoms. The molecular formula is C24H15F7N4O3. The highest BCUT2D eigenvalue weighted by molar-refractivity contribution is 6.08. The van der Waals surface area contributed by atoms with Gasteiger partial charge in [0.05, 0.1) is 23.4 Å². The molecule has 7 nitrogen and oxygen atoms in total. The summed E-state index contributed by atoms with van der Waals surface area (Å²) in [7, 11) is 0. The van der Waals surface area contributed by atoms with Crippen molar-refractivity contribution in [2.75, 3.05) is 6.54 Å². The maximum absolute atomic E-state index is 14.0. The van der Waals surface area contributed by atoms with Gasteiger partial charge in [-0.1, -0.05) is 12.1 Å². The first-order valence-electron chi connectivity index (χ1n) is 10.6. The summed E-state index contributed by atoms with van der Waals surface area (Å²) >= 11 is 0. The summed E-state index contributed by atoms with van der Waals surface area (Å²) in [6.45, 7) is -0.896. The zero-order chi connectivity index (χ0) is 27.9. The number of carbonyl (C=O) groups is 3. The fraction of sp³-hybridized carbons (Fsp3) is 0.167. The van der Waals surface area contributed by atoms with E-state index < -0.39 is 64.9 Å². The van der Waals surface area contributed by atoms with Crippen molar-refractivity contribution < 1.29 is 45.1 Å². The molecule has 0 saturated carbocycles. The fourth-order valence-corrected chi connectivity index (χ4v) is 3.94. The van der Waals surface area contributed by atoms with Crippen molar-refractivity contribution in [2.24, 2.45) is 0 Å². The van der Waals surface area contributed by atoms with Crippen molar-refractivity contribution in [1.82, 2.24) is 20.9 Å². The van der Waals surface area contributed by atoms with Crippen molar-refractivity contribution in [3.63, 3.8) is 0 Å². The first kappa shape index (κ1) is 26.6. The van der Waals surface area contributed by atoms with Gasteiger partial charge in [0.1, 0.15) is 5.82 Å². The number of urea groups is 1. The maximum Gasteiger partial charge on any atom is 0.418 e. The highest BCUT2D eigenvalue weighted by Gasteiger charge is 2.53. The SMILES string of the molecule is O=C1NC(=O)[C@@](CNC(=O)c2ccc(F)cc2-c2ccc(C(F)(F)F)cc2)(c2ncccc2C(F)(F)F)N1. The van der Waals surface area contributed by atoms with Gasteiger partial charge < -0.3 is 10.6 Å². The number of hydrogen-bond donors (Lipinski definition) is 3. The number of benzene rings is 2. The highest BCUT2D eigenvalue weighted by atomic mass is 19.4. The molecule has 0 spiro atoms. The van der Waals surface area contributed by atoms with E-state index in [2.05, 4.69) is 15.6 Å². The third-order valence-corrected chi connectivity index (χ3v) is 5.72. The molecule has 1 atom stereocenters. The third-order valence-electron chi connectivity index (χ3n) is 5.72. The molecule has 1 saturated heterocycles. The lowest BCUT2D eigenvalue weighted by atomic mass is 9.90. The molecule has 4 rings (SSSR count). The van der Waals surface area contributed by atoms with Gasteiger partial charge in [-0.2, -0.15) is 26.3 Å². The summed E-state index contributed by atoms with van der Waals surface area (Å²) < 4.78 is 93.7. The molecular weight excluding hydrogens is 525 g/mol. The number of hydrogen-bond acceptors (Lipinski definition) is 4. The number of rotatable bonds is 5. The molecule has 2 heterocycles. The first-order chi connectivity index (χ1) is 17.7. The summed E-state index contributed by atoms with van der Waals surface area (Å²) in [4.78, 5) is 41.3. The molecule has 2 aromatic carbocycles. The molecule has 1 fully saturated rings. The minimum absolute atomic E-state index is 0.0355. The van der Waals surface area contributed by atoms with Crippen LogP contribution in [0.1, 0.15) is 27.2 Å². The van der Waals surface area contributed by atoms with E-state index in [-0.39, 0.29) is 16.7 Å². The van der Waals surface area contributed by atoms with Crippen molar-refractivity contribution in [3.8, 4) is 11.1 Å². The number of halogens is 7. The van der Waals surface area contributed by atoms with Gasteiger partial charge in [-0.25, -0.2) is 9.18 Å². The topological polar surface area (TPSA) is 100 Å². The smallest absolute Gasteiger partial charge is 0.349 e. The van der Waals surface area contributed by atoms with Crippen molar-refractivity contribution in [1.29, 1.82) is 0 Å². The molecule has 1 aliphatic rings. The number of aromatic nitrogens is 1. The Morgan fingerprint density at radius 2 is 1.63 bits per heavy atom. The van der Waals surface area contributed by atoms with Gasteiger partial charge >= 0.3 is 18.4 Å². The molecule has 1 aromatic heterocycles. The second-order valence-corrected chi connectivity index (χ2v) is 8.16. The minimum atomic E-state index is -4.97. The Balaban J connectivity index is 1.70. The van der Waals surface area contributed by atoms with Crippen LogP contribution >= 0.6 is 0 Å². The molecule has 0 radical (unpaired) electrons. The average molecular weight is 540 g/mol. The second kappa shape index (κ2) is 9.43. The number of nitrogens with one attached hydrogen (secondary N) is 3. The Bertz CT molecular complexity index is 1420. The average Bonchev–Trinajstić information content (AvgIpc) is 3.15. The van der Waals surface area contributed by atoms with Crippen molar-refractivity contribution in [3.05, 3.63) is 89.0 Å². The fourth-order valence-electron chi connectivity index (χ4n) is 3.94. The predicted molar refractivity (Wildman–Crippen MR) is 117 cm³/mol.